The van der Waals surface area contributed by atoms with Crippen LogP contribution < -0.4 is 56.7 Å². The van der Waals surface area contributed by atoms with Crippen LogP contribution >= 0.6 is 0 Å². The van der Waals surface area contributed by atoms with Crippen LogP contribution in [0.2, 0.25) is 0 Å². The Morgan fingerprint density at radius 2 is 1.87 bits per heavy atom. The third-order valence-electron chi connectivity index (χ3n) is 2.83. The van der Waals surface area contributed by atoms with Crippen LogP contribution in [-0.4, -0.2) is 6.04 Å². The van der Waals surface area contributed by atoms with E-state index in [4.69, 9.17) is 0 Å². The minimum Gasteiger partial charge on any atom is -0.430 e. The molecule has 1 aromatic rings. The van der Waals surface area contributed by atoms with Crippen LogP contribution in [0.25, 0.3) is 0 Å². The van der Waals surface area contributed by atoms with Gasteiger partial charge in [-0.25, -0.2) is 0 Å². The van der Waals surface area contributed by atoms with Crippen LogP contribution in [0, 0.1) is 12.3 Å². The molecule has 2 aliphatic rings. The molecular weight excluding hydrogens is 209 g/mol. The average Bonchev–Trinajstić information content (AvgIpc) is 2.26. The summed E-state index contributed by atoms with van der Waals surface area (Å²) < 4.78 is 0. The molecule has 2 unspecified atom stereocenters. The van der Waals surface area contributed by atoms with E-state index in [1.807, 2.05) is 0 Å². The Morgan fingerprint density at radius 3 is 2.80 bits per heavy atom. The molecule has 1 N–H and O–H groups in total. The van der Waals surface area contributed by atoms with E-state index in [9.17, 15) is 0 Å². The Balaban J connectivity index is 0.000000853. The number of benzene rings is 1. The number of anilines is 1. The van der Waals surface area contributed by atoms with Crippen LogP contribution in [0.15, 0.2) is 48.6 Å². The maximum atomic E-state index is 3.53. The zero-order valence-electron chi connectivity index (χ0n) is 8.85. The summed E-state index contributed by atoms with van der Waals surface area (Å²) in [7, 11) is 0. The summed E-state index contributed by atoms with van der Waals surface area (Å²) >= 11 is 0. The first kappa shape index (κ1) is 11.5. The summed E-state index contributed by atoms with van der Waals surface area (Å²) in [5.41, 5.74) is 2.56. The smallest absolute Gasteiger partial charge is 0.430 e. The molecule has 1 heterocycles. The molecule has 3 rings (SSSR count). The number of nitrogens with one attached hydrogen (secondary N) is 1. The largest absolute Gasteiger partial charge is 1.00 e. The summed E-state index contributed by atoms with van der Waals surface area (Å²) in [6.45, 7) is 0. The third-order valence-corrected chi connectivity index (χ3v) is 2.83. The van der Waals surface area contributed by atoms with Crippen LogP contribution in [0.5, 0.6) is 0 Å². The molecule has 0 bridgehead atoms. The van der Waals surface area contributed by atoms with Crippen molar-refractivity contribution in [2.45, 2.75) is 6.04 Å². The summed E-state index contributed by atoms with van der Waals surface area (Å²) in [6.07, 6.45) is 11.0. The summed E-state index contributed by atoms with van der Waals surface area (Å²) in [5.74, 6) is 0.509. The first-order chi connectivity index (χ1) is 6.93. The molecule has 0 fully saturated rings. The predicted molar refractivity (Wildman–Crippen MR) is 59.0 cm³/mol. The fourth-order valence-corrected chi connectivity index (χ4v) is 2.09. The topological polar surface area (TPSA) is 12.0 Å². The quantitative estimate of drug-likeness (QED) is 0.472. The molecule has 1 nitrogen and oxygen atoms in total. The molecule has 15 heavy (non-hydrogen) atoms. The second-order valence-corrected chi connectivity index (χ2v) is 3.77. The van der Waals surface area contributed by atoms with Crippen LogP contribution in [0.1, 0.15) is 5.56 Å². The summed E-state index contributed by atoms with van der Waals surface area (Å²) in [4.78, 5) is 0. The average molecular weight is 221 g/mol. The van der Waals surface area contributed by atoms with Crippen molar-refractivity contribution in [3.8, 4) is 0 Å². The molecule has 70 valence electrons. The third kappa shape index (κ3) is 2.24. The predicted octanol–water partition coefficient (Wildman–Crippen LogP) is -0.221. The number of rotatable bonds is 0. The molecule has 1 aliphatic heterocycles. The van der Waals surface area contributed by atoms with Crippen molar-refractivity contribution in [3.05, 3.63) is 60.6 Å². The van der Waals surface area contributed by atoms with Gasteiger partial charge in [0.1, 0.15) is 0 Å². The van der Waals surface area contributed by atoms with Crippen molar-refractivity contribution >= 4 is 5.69 Å². The van der Waals surface area contributed by atoms with Crippen molar-refractivity contribution in [1.29, 1.82) is 0 Å². The molecule has 0 amide bonds. The van der Waals surface area contributed by atoms with E-state index in [1.54, 1.807) is 0 Å². The second-order valence-electron chi connectivity index (χ2n) is 3.77. The Labute approximate surface area is 133 Å². The summed E-state index contributed by atoms with van der Waals surface area (Å²) in [5, 5.41) is 3.53. The monoisotopic (exact) mass is 221 g/mol. The van der Waals surface area contributed by atoms with Crippen molar-refractivity contribution < 1.29 is 51.4 Å². The van der Waals surface area contributed by atoms with E-state index in [1.165, 1.54) is 11.3 Å². The minimum atomic E-state index is 0. The van der Waals surface area contributed by atoms with E-state index in [0.29, 0.717) is 12.0 Å². The molecule has 0 saturated heterocycles. The molecule has 0 spiro atoms. The molecular formula is C13H12KN. The Morgan fingerprint density at radius 1 is 1.07 bits per heavy atom. The zero-order valence-corrected chi connectivity index (χ0v) is 12.0. The Hall–Kier alpha value is 0.00636. The first-order valence-corrected chi connectivity index (χ1v) is 4.99. The molecule has 0 radical (unpaired) electrons. The van der Waals surface area contributed by atoms with Gasteiger partial charge in [0, 0.05) is 6.04 Å². The van der Waals surface area contributed by atoms with Gasteiger partial charge in [-0.1, -0.05) is 42.1 Å². The van der Waals surface area contributed by atoms with Crippen molar-refractivity contribution in [2.24, 2.45) is 5.92 Å². The van der Waals surface area contributed by atoms with Crippen molar-refractivity contribution in [1.82, 2.24) is 0 Å². The fraction of sp³-hybridized carbons (Fsp3) is 0.154. The number of fused-ring (bicyclic) bond motifs is 2. The number of para-hydroxylation sites is 1. The molecule has 2 heteroatoms. The number of hydrogen-bond donors (Lipinski definition) is 1. The first-order valence-electron chi connectivity index (χ1n) is 4.99. The Bertz CT molecular complexity index is 370. The van der Waals surface area contributed by atoms with Gasteiger partial charge in [0.05, 0.1) is 0 Å². The normalized spacial score (nSPS) is 25.3. The minimum absolute atomic E-state index is 0. The zero-order chi connectivity index (χ0) is 9.38. The number of hydrogen-bond acceptors (Lipinski definition) is 1. The van der Waals surface area contributed by atoms with Crippen molar-refractivity contribution in [3.63, 3.8) is 0 Å². The van der Waals surface area contributed by atoms with E-state index in [0.717, 1.165) is 0 Å². The van der Waals surface area contributed by atoms with Gasteiger partial charge < -0.3 is 5.32 Å². The van der Waals surface area contributed by atoms with Crippen molar-refractivity contribution in [2.75, 3.05) is 5.32 Å². The van der Waals surface area contributed by atoms with Gasteiger partial charge in [-0.2, -0.15) is 18.1 Å². The van der Waals surface area contributed by atoms with Crippen LogP contribution in [0.3, 0.4) is 0 Å². The van der Waals surface area contributed by atoms with E-state index >= 15 is 0 Å². The van der Waals surface area contributed by atoms with Gasteiger partial charge in [-0.15, -0.1) is 6.07 Å². The van der Waals surface area contributed by atoms with Gasteiger partial charge in [0.2, 0.25) is 0 Å². The van der Waals surface area contributed by atoms with Crippen LogP contribution in [0.4, 0.5) is 5.69 Å². The molecule has 2 atom stereocenters. The van der Waals surface area contributed by atoms with E-state index in [-0.39, 0.29) is 51.4 Å². The maximum Gasteiger partial charge on any atom is 1.00 e. The van der Waals surface area contributed by atoms with Gasteiger partial charge >= 0.3 is 51.4 Å². The van der Waals surface area contributed by atoms with E-state index in [2.05, 4.69) is 60.3 Å². The standard InChI is InChI=1S/C13H12N.K/c1-3-7-12-10(5-1)9-11-6-2-4-8-13(11)14-12;/h1-10,12,14H;/q-1;+1. The van der Waals surface area contributed by atoms with Gasteiger partial charge in [-0.05, 0) is 5.92 Å². The van der Waals surface area contributed by atoms with Gasteiger partial charge in [0.15, 0.2) is 0 Å². The molecule has 0 aromatic heterocycles. The summed E-state index contributed by atoms with van der Waals surface area (Å²) in [6, 6.07) is 8.89. The molecule has 0 saturated carbocycles. The SMILES string of the molecule is C1=CC2[CH-]c3ccccc3NC2C=C1.[K+]. The van der Waals surface area contributed by atoms with E-state index < -0.39 is 0 Å². The molecule has 1 aliphatic carbocycles. The maximum absolute atomic E-state index is 3.53. The van der Waals surface area contributed by atoms with Gasteiger partial charge in [-0.3, -0.25) is 0 Å². The second kappa shape index (κ2) is 4.89. The Kier molecular flexibility index (Phi) is 3.75. The number of allylic oxidation sites excluding steroid dienone is 2. The fourth-order valence-electron chi connectivity index (χ4n) is 2.09. The van der Waals surface area contributed by atoms with Gasteiger partial charge in [0.25, 0.3) is 0 Å². The van der Waals surface area contributed by atoms with Crippen LogP contribution in [-0.2, 0) is 0 Å². The molecule has 1 aromatic carbocycles.